The van der Waals surface area contributed by atoms with Gasteiger partial charge in [0.1, 0.15) is 5.82 Å². The lowest BCUT2D eigenvalue weighted by atomic mass is 10.2. The van der Waals surface area contributed by atoms with Crippen LogP contribution < -0.4 is 10.9 Å². The average molecular weight is 370 g/mol. The maximum atomic E-state index is 13.1. The van der Waals surface area contributed by atoms with Gasteiger partial charge in [-0.15, -0.1) is 0 Å². The highest BCUT2D eigenvalue weighted by Crippen LogP contribution is 2.23. The van der Waals surface area contributed by atoms with Gasteiger partial charge in [-0.2, -0.15) is 0 Å². The van der Waals surface area contributed by atoms with Gasteiger partial charge < -0.3 is 19.9 Å². The Labute approximate surface area is 149 Å². The van der Waals surface area contributed by atoms with Gasteiger partial charge in [0.2, 0.25) is 0 Å². The van der Waals surface area contributed by atoms with Crippen LogP contribution >= 0.6 is 11.6 Å². The first-order valence-electron chi connectivity index (χ1n) is 7.58. The summed E-state index contributed by atoms with van der Waals surface area (Å²) in [5, 5.41) is 11.9. The summed E-state index contributed by atoms with van der Waals surface area (Å²) in [6, 6.07) is 3.75. The highest BCUT2D eigenvalue weighted by Gasteiger charge is 2.24. The number of aromatic nitrogens is 2. The van der Waals surface area contributed by atoms with Crippen LogP contribution in [0, 0.1) is 0 Å². The van der Waals surface area contributed by atoms with Gasteiger partial charge in [-0.25, -0.2) is 9.78 Å². The molecule has 0 fully saturated rings. The fourth-order valence-corrected chi connectivity index (χ4v) is 2.96. The number of hydrogen-bond donors (Lipinski definition) is 2. The van der Waals surface area contributed by atoms with E-state index >= 15 is 0 Å². The molecule has 8 nitrogen and oxygen atoms in total. The van der Waals surface area contributed by atoms with Gasteiger partial charge in [-0.05, 0) is 19.1 Å². The predicted molar refractivity (Wildman–Crippen MR) is 93.4 cm³/mol. The molecule has 2 aromatic rings. The molecule has 0 radical (unpaired) electrons. The molecule has 0 aliphatic heterocycles. The molecule has 2 rings (SSSR count). The summed E-state index contributed by atoms with van der Waals surface area (Å²) in [7, 11) is 3.02. The van der Waals surface area contributed by atoms with Gasteiger partial charge in [0.05, 0.1) is 41.2 Å². The number of benzene rings is 1. The first-order chi connectivity index (χ1) is 11.9. The van der Waals surface area contributed by atoms with Crippen molar-refractivity contribution >= 4 is 28.6 Å². The molecule has 136 valence electrons. The van der Waals surface area contributed by atoms with Crippen molar-refractivity contribution in [2.45, 2.75) is 19.0 Å². The van der Waals surface area contributed by atoms with E-state index in [1.165, 1.54) is 18.8 Å². The topological polar surface area (TPSA) is 103 Å². The van der Waals surface area contributed by atoms with Crippen molar-refractivity contribution in [2.75, 3.05) is 27.4 Å². The quantitative estimate of drug-likeness (QED) is 0.775. The van der Waals surface area contributed by atoms with Crippen molar-refractivity contribution < 1.29 is 19.4 Å². The predicted octanol–water partition coefficient (Wildman–Crippen LogP) is 2.21. The maximum Gasteiger partial charge on any atom is 0.405 e. The largest absolute Gasteiger partial charge is 0.465 e. The summed E-state index contributed by atoms with van der Waals surface area (Å²) in [6.45, 7) is 2.00. The Balaban J connectivity index is 2.76. The number of methoxy groups -OCH3 is 2. The zero-order valence-corrected chi connectivity index (χ0v) is 14.9. The lowest BCUT2D eigenvalue weighted by Gasteiger charge is -2.25. The molecule has 25 heavy (non-hydrogen) atoms. The van der Waals surface area contributed by atoms with Crippen molar-refractivity contribution in [1.82, 2.24) is 14.9 Å². The van der Waals surface area contributed by atoms with Crippen LogP contribution in [-0.2, 0) is 9.47 Å². The fraction of sp³-hybridized carbons (Fsp3) is 0.438. The van der Waals surface area contributed by atoms with Gasteiger partial charge in [0.25, 0.3) is 5.56 Å². The Morgan fingerprint density at radius 3 is 2.56 bits per heavy atom. The number of halogens is 1. The van der Waals surface area contributed by atoms with E-state index in [-0.39, 0.29) is 35.0 Å². The number of ether oxygens (including phenoxy) is 2. The van der Waals surface area contributed by atoms with Crippen LogP contribution in [0.4, 0.5) is 4.79 Å². The maximum absolute atomic E-state index is 13.1. The summed E-state index contributed by atoms with van der Waals surface area (Å²) in [5.74, 6) is 0.265. The average Bonchev–Trinajstić information content (AvgIpc) is 2.53. The Morgan fingerprint density at radius 2 is 2.00 bits per heavy atom. The van der Waals surface area contributed by atoms with E-state index in [4.69, 9.17) is 26.2 Å². The molecule has 2 N–H and O–H groups in total. The number of nitrogens with one attached hydrogen (secondary N) is 1. The molecule has 0 aliphatic carbocycles. The van der Waals surface area contributed by atoms with Crippen molar-refractivity contribution in [2.24, 2.45) is 0 Å². The van der Waals surface area contributed by atoms with Gasteiger partial charge >= 0.3 is 6.09 Å². The van der Waals surface area contributed by atoms with E-state index in [1.54, 1.807) is 25.1 Å². The van der Waals surface area contributed by atoms with Crippen molar-refractivity contribution in [3.05, 3.63) is 39.4 Å². The van der Waals surface area contributed by atoms with E-state index in [9.17, 15) is 9.59 Å². The van der Waals surface area contributed by atoms with Crippen LogP contribution in [0.3, 0.4) is 0 Å². The Bertz CT molecular complexity index is 817. The van der Waals surface area contributed by atoms with E-state index < -0.39 is 18.2 Å². The second-order valence-corrected chi connectivity index (χ2v) is 5.92. The number of nitrogens with zero attached hydrogens (tertiary/aromatic N) is 2. The van der Waals surface area contributed by atoms with Crippen LogP contribution in [-0.4, -0.2) is 48.2 Å². The zero-order chi connectivity index (χ0) is 18.6. The standard InChI is InChI=1S/C16H20ClN3O5/c1-9(18-16(22)23)14-19-12-6-4-5-11(17)13(12)15(21)20(14)10(7-24-2)8-25-3/h4-6,9-10,18H,7-8H2,1-3H3,(H,22,23). The summed E-state index contributed by atoms with van der Waals surface area (Å²) >= 11 is 6.18. The van der Waals surface area contributed by atoms with Crippen LogP contribution in [0.2, 0.25) is 5.02 Å². The Kier molecular flexibility index (Phi) is 6.35. The second-order valence-electron chi connectivity index (χ2n) is 5.51. The highest BCUT2D eigenvalue weighted by atomic mass is 35.5. The molecular formula is C16H20ClN3O5. The van der Waals surface area contributed by atoms with Gasteiger partial charge in [-0.3, -0.25) is 9.36 Å². The molecule has 1 aromatic carbocycles. The third-order valence-electron chi connectivity index (χ3n) is 3.72. The normalized spacial score (nSPS) is 12.5. The van der Waals surface area contributed by atoms with E-state index in [1.807, 2.05) is 0 Å². The summed E-state index contributed by atoms with van der Waals surface area (Å²) < 4.78 is 11.8. The van der Waals surface area contributed by atoms with Crippen LogP contribution in [0.25, 0.3) is 10.9 Å². The third-order valence-corrected chi connectivity index (χ3v) is 4.03. The molecule has 0 saturated heterocycles. The number of carboxylic acid groups (broad SMARTS) is 1. The van der Waals surface area contributed by atoms with Crippen LogP contribution in [0.5, 0.6) is 0 Å². The molecular weight excluding hydrogens is 350 g/mol. The molecule has 1 aromatic heterocycles. The first-order valence-corrected chi connectivity index (χ1v) is 7.96. The van der Waals surface area contributed by atoms with Gasteiger partial charge in [0.15, 0.2) is 0 Å². The smallest absolute Gasteiger partial charge is 0.405 e. The number of fused-ring (bicyclic) bond motifs is 1. The summed E-state index contributed by atoms with van der Waals surface area (Å²) in [4.78, 5) is 28.6. The minimum Gasteiger partial charge on any atom is -0.465 e. The first kappa shape index (κ1) is 19.2. The van der Waals surface area contributed by atoms with E-state index in [2.05, 4.69) is 10.3 Å². The number of amides is 1. The molecule has 9 heteroatoms. The monoisotopic (exact) mass is 369 g/mol. The number of rotatable bonds is 7. The minimum absolute atomic E-state index is 0.193. The van der Waals surface area contributed by atoms with Crippen molar-refractivity contribution in [3.8, 4) is 0 Å². The van der Waals surface area contributed by atoms with Crippen molar-refractivity contribution in [1.29, 1.82) is 0 Å². The summed E-state index contributed by atoms with van der Waals surface area (Å²) in [5.41, 5.74) is 0.0279. The number of carbonyl (C=O) groups is 1. The van der Waals surface area contributed by atoms with E-state index in [0.717, 1.165) is 0 Å². The molecule has 0 spiro atoms. The lowest BCUT2D eigenvalue weighted by Crippen LogP contribution is -2.38. The SMILES string of the molecule is COCC(COC)n1c(C(C)NC(=O)O)nc2cccc(Cl)c2c1=O. The summed E-state index contributed by atoms with van der Waals surface area (Å²) in [6.07, 6.45) is -1.21. The molecule has 0 aliphatic rings. The second kappa shape index (κ2) is 8.28. The molecule has 1 heterocycles. The molecule has 0 saturated carbocycles. The minimum atomic E-state index is -1.21. The molecule has 1 atom stereocenters. The number of hydrogen-bond acceptors (Lipinski definition) is 5. The molecule has 1 amide bonds. The zero-order valence-electron chi connectivity index (χ0n) is 14.2. The Hall–Kier alpha value is -2.16. The van der Waals surface area contributed by atoms with Crippen LogP contribution in [0.1, 0.15) is 24.8 Å². The third kappa shape index (κ3) is 4.09. The lowest BCUT2D eigenvalue weighted by molar-refractivity contribution is 0.0853. The van der Waals surface area contributed by atoms with Gasteiger partial charge in [0, 0.05) is 14.2 Å². The van der Waals surface area contributed by atoms with Crippen molar-refractivity contribution in [3.63, 3.8) is 0 Å². The Morgan fingerprint density at radius 1 is 1.36 bits per heavy atom. The van der Waals surface area contributed by atoms with Gasteiger partial charge in [-0.1, -0.05) is 17.7 Å². The van der Waals surface area contributed by atoms with E-state index in [0.29, 0.717) is 5.52 Å². The molecule has 0 bridgehead atoms. The highest BCUT2D eigenvalue weighted by molar-refractivity contribution is 6.35. The molecule has 1 unspecified atom stereocenters. The fourth-order valence-electron chi connectivity index (χ4n) is 2.71. The van der Waals surface area contributed by atoms with Crippen LogP contribution in [0.15, 0.2) is 23.0 Å².